The maximum atomic E-state index is 5.06. The molecule has 3 unspecified atom stereocenters. The van der Waals surface area contributed by atoms with Crippen LogP contribution in [0.15, 0.2) is 0 Å². The summed E-state index contributed by atoms with van der Waals surface area (Å²) in [5.41, 5.74) is 3.54. The third-order valence-corrected chi connectivity index (χ3v) is 5.29. The average Bonchev–Trinajstić information content (AvgIpc) is 3.08. The van der Waals surface area contributed by atoms with E-state index in [2.05, 4.69) is 19.2 Å². The summed E-state index contributed by atoms with van der Waals surface area (Å²) in [5.74, 6) is 3.52. The standard InChI is InChI=1S/C17H27N3O/c1-11-16(10-18-6-7-21-3)12(2)20-17(19-11)15-9-13-4-5-14(15)8-13/h13-15,18H,4-10H2,1-3H3. The number of hydrogen-bond donors (Lipinski definition) is 1. The second-order valence-electron chi connectivity index (χ2n) is 6.68. The first-order chi connectivity index (χ1) is 10.2. The molecule has 2 bridgehead atoms. The SMILES string of the molecule is COCCNCc1c(C)nc(C2CC3CCC2C3)nc1C. The second-order valence-corrected chi connectivity index (χ2v) is 6.68. The van der Waals surface area contributed by atoms with E-state index in [9.17, 15) is 0 Å². The quantitative estimate of drug-likeness (QED) is 0.818. The first-order valence-corrected chi connectivity index (χ1v) is 8.22. The maximum absolute atomic E-state index is 5.06. The molecule has 0 saturated heterocycles. The van der Waals surface area contributed by atoms with Gasteiger partial charge in [-0.15, -0.1) is 0 Å². The first kappa shape index (κ1) is 14.9. The number of rotatable bonds is 6. The summed E-state index contributed by atoms with van der Waals surface area (Å²) >= 11 is 0. The number of nitrogens with one attached hydrogen (secondary N) is 1. The molecule has 1 heterocycles. The Morgan fingerprint density at radius 1 is 1.14 bits per heavy atom. The largest absolute Gasteiger partial charge is 0.383 e. The fraction of sp³-hybridized carbons (Fsp3) is 0.765. The summed E-state index contributed by atoms with van der Waals surface area (Å²) in [4.78, 5) is 9.70. The maximum Gasteiger partial charge on any atom is 0.132 e. The molecule has 2 aliphatic carbocycles. The van der Waals surface area contributed by atoms with E-state index >= 15 is 0 Å². The average molecular weight is 289 g/mol. The monoisotopic (exact) mass is 289 g/mol. The molecule has 2 saturated carbocycles. The van der Waals surface area contributed by atoms with Gasteiger partial charge in [-0.2, -0.15) is 0 Å². The molecule has 0 amide bonds. The number of hydrogen-bond acceptors (Lipinski definition) is 4. The highest BCUT2D eigenvalue weighted by Crippen LogP contribution is 2.52. The highest BCUT2D eigenvalue weighted by atomic mass is 16.5. The highest BCUT2D eigenvalue weighted by molar-refractivity contribution is 5.26. The number of methoxy groups -OCH3 is 1. The van der Waals surface area contributed by atoms with Crippen LogP contribution in [0.4, 0.5) is 0 Å². The third kappa shape index (κ3) is 3.11. The Hall–Kier alpha value is -1.00. The van der Waals surface area contributed by atoms with Crippen LogP contribution in [-0.2, 0) is 11.3 Å². The van der Waals surface area contributed by atoms with Crippen molar-refractivity contribution in [1.82, 2.24) is 15.3 Å². The van der Waals surface area contributed by atoms with Crippen LogP contribution in [0.5, 0.6) is 0 Å². The molecule has 2 aliphatic rings. The summed E-state index contributed by atoms with van der Waals surface area (Å²) in [6.45, 7) is 6.68. The van der Waals surface area contributed by atoms with Crippen molar-refractivity contribution in [2.24, 2.45) is 11.8 Å². The van der Waals surface area contributed by atoms with Gasteiger partial charge in [0.05, 0.1) is 6.61 Å². The molecule has 21 heavy (non-hydrogen) atoms. The lowest BCUT2D eigenvalue weighted by Crippen LogP contribution is -2.21. The molecule has 3 rings (SSSR count). The molecule has 3 atom stereocenters. The van der Waals surface area contributed by atoms with Crippen molar-refractivity contribution in [1.29, 1.82) is 0 Å². The fourth-order valence-corrected chi connectivity index (χ4v) is 4.14. The van der Waals surface area contributed by atoms with Gasteiger partial charge >= 0.3 is 0 Å². The van der Waals surface area contributed by atoms with Gasteiger partial charge in [0.2, 0.25) is 0 Å². The van der Waals surface area contributed by atoms with Gasteiger partial charge < -0.3 is 10.1 Å². The van der Waals surface area contributed by atoms with Crippen LogP contribution in [-0.4, -0.2) is 30.2 Å². The second kappa shape index (κ2) is 6.41. The Morgan fingerprint density at radius 2 is 1.90 bits per heavy atom. The van der Waals surface area contributed by atoms with Crippen molar-refractivity contribution >= 4 is 0 Å². The topological polar surface area (TPSA) is 47.0 Å². The van der Waals surface area contributed by atoms with Crippen LogP contribution >= 0.6 is 0 Å². The predicted molar refractivity (Wildman–Crippen MR) is 83.3 cm³/mol. The van der Waals surface area contributed by atoms with E-state index in [1.165, 1.54) is 31.2 Å². The molecule has 4 nitrogen and oxygen atoms in total. The third-order valence-electron chi connectivity index (χ3n) is 5.29. The number of aromatic nitrogens is 2. The highest BCUT2D eigenvalue weighted by Gasteiger charge is 2.41. The molecule has 1 N–H and O–H groups in total. The van der Waals surface area contributed by atoms with Crippen molar-refractivity contribution in [2.75, 3.05) is 20.3 Å². The molecule has 0 aliphatic heterocycles. The Morgan fingerprint density at radius 3 is 2.48 bits per heavy atom. The van der Waals surface area contributed by atoms with Crippen LogP contribution in [0.3, 0.4) is 0 Å². The lowest BCUT2D eigenvalue weighted by Gasteiger charge is -2.22. The Balaban J connectivity index is 1.70. The van der Waals surface area contributed by atoms with Gasteiger partial charge in [-0.05, 0) is 44.9 Å². The van der Waals surface area contributed by atoms with Gasteiger partial charge in [0.15, 0.2) is 0 Å². The molecule has 1 aromatic heterocycles. The van der Waals surface area contributed by atoms with E-state index in [1.54, 1.807) is 7.11 Å². The number of nitrogens with zero attached hydrogens (tertiary/aromatic N) is 2. The van der Waals surface area contributed by atoms with Gasteiger partial charge in [0.25, 0.3) is 0 Å². The molecule has 116 valence electrons. The lowest BCUT2D eigenvalue weighted by atomic mass is 9.88. The molecular formula is C17H27N3O. The molecular weight excluding hydrogens is 262 g/mol. The Kier molecular flexibility index (Phi) is 4.55. The van der Waals surface area contributed by atoms with Crippen LogP contribution in [0.25, 0.3) is 0 Å². The summed E-state index contributed by atoms with van der Waals surface area (Å²) < 4.78 is 5.06. The molecule has 4 heteroatoms. The van der Waals surface area contributed by atoms with E-state index in [4.69, 9.17) is 14.7 Å². The van der Waals surface area contributed by atoms with Crippen molar-refractivity contribution in [3.8, 4) is 0 Å². The van der Waals surface area contributed by atoms with Gasteiger partial charge in [0, 0.05) is 43.1 Å². The first-order valence-electron chi connectivity index (χ1n) is 8.22. The molecule has 0 radical (unpaired) electrons. The summed E-state index contributed by atoms with van der Waals surface area (Å²) in [6, 6.07) is 0. The van der Waals surface area contributed by atoms with Crippen LogP contribution in [0.2, 0.25) is 0 Å². The zero-order valence-corrected chi connectivity index (χ0v) is 13.5. The van der Waals surface area contributed by atoms with E-state index in [0.29, 0.717) is 5.92 Å². The number of aryl methyl sites for hydroxylation is 2. The van der Waals surface area contributed by atoms with Gasteiger partial charge in [-0.3, -0.25) is 0 Å². The fourth-order valence-electron chi connectivity index (χ4n) is 4.14. The van der Waals surface area contributed by atoms with Gasteiger partial charge in [-0.1, -0.05) is 6.42 Å². The minimum Gasteiger partial charge on any atom is -0.383 e. The van der Waals surface area contributed by atoms with Crippen molar-refractivity contribution in [2.45, 2.75) is 52.0 Å². The molecule has 0 spiro atoms. The van der Waals surface area contributed by atoms with E-state index in [-0.39, 0.29) is 0 Å². The van der Waals surface area contributed by atoms with Crippen molar-refractivity contribution in [3.05, 3.63) is 22.8 Å². The van der Waals surface area contributed by atoms with Gasteiger partial charge in [-0.25, -0.2) is 9.97 Å². The van der Waals surface area contributed by atoms with Crippen molar-refractivity contribution in [3.63, 3.8) is 0 Å². The normalized spacial score (nSPS) is 27.5. The van der Waals surface area contributed by atoms with Crippen LogP contribution < -0.4 is 5.32 Å². The molecule has 1 aromatic rings. The number of fused-ring (bicyclic) bond motifs is 2. The summed E-state index contributed by atoms with van der Waals surface area (Å²) in [7, 11) is 1.73. The van der Waals surface area contributed by atoms with Crippen LogP contribution in [0, 0.1) is 25.7 Å². The Labute approximate surface area is 127 Å². The smallest absolute Gasteiger partial charge is 0.132 e. The summed E-state index contributed by atoms with van der Waals surface area (Å²) in [5, 5.41) is 3.40. The zero-order valence-electron chi connectivity index (χ0n) is 13.5. The summed E-state index contributed by atoms with van der Waals surface area (Å²) in [6.07, 6.45) is 5.54. The van der Waals surface area contributed by atoms with E-state index in [1.807, 2.05) is 0 Å². The van der Waals surface area contributed by atoms with Gasteiger partial charge in [0.1, 0.15) is 5.82 Å². The minimum absolute atomic E-state index is 0.622. The lowest BCUT2D eigenvalue weighted by molar-refractivity contribution is 0.199. The molecule has 0 aromatic carbocycles. The number of ether oxygens (including phenoxy) is 1. The predicted octanol–water partition coefficient (Wildman–Crippen LogP) is 2.73. The zero-order chi connectivity index (χ0) is 14.8. The Bertz CT molecular complexity index is 480. The van der Waals surface area contributed by atoms with Crippen LogP contribution in [0.1, 0.15) is 54.4 Å². The van der Waals surface area contributed by atoms with Crippen molar-refractivity contribution < 1.29 is 4.74 Å². The minimum atomic E-state index is 0.622. The molecule has 2 fully saturated rings. The van der Waals surface area contributed by atoms with E-state index < -0.39 is 0 Å². The van der Waals surface area contributed by atoms with E-state index in [0.717, 1.165) is 48.7 Å².